The molecule has 0 atom stereocenters. The zero-order valence-corrected chi connectivity index (χ0v) is 17.1. The van der Waals surface area contributed by atoms with Gasteiger partial charge in [-0.1, -0.05) is 23.2 Å². The Labute approximate surface area is 173 Å². The largest absolute Gasteiger partial charge is 0.497 e. The van der Waals surface area contributed by atoms with Crippen LogP contribution in [-0.4, -0.2) is 62.0 Å². The lowest BCUT2D eigenvalue weighted by Gasteiger charge is -2.35. The van der Waals surface area contributed by atoms with Crippen molar-refractivity contribution in [2.24, 2.45) is 0 Å². The van der Waals surface area contributed by atoms with Crippen molar-refractivity contribution in [3.8, 4) is 11.5 Å². The predicted molar refractivity (Wildman–Crippen MR) is 108 cm³/mol. The maximum absolute atomic E-state index is 12.8. The van der Waals surface area contributed by atoms with E-state index in [-0.39, 0.29) is 11.8 Å². The summed E-state index contributed by atoms with van der Waals surface area (Å²) >= 11 is 12.0. The Morgan fingerprint density at radius 2 is 1.36 bits per heavy atom. The Balaban J connectivity index is 1.68. The van der Waals surface area contributed by atoms with E-state index in [1.54, 1.807) is 46.2 Å². The summed E-state index contributed by atoms with van der Waals surface area (Å²) in [6, 6.07) is 9.87. The number of hydrogen-bond acceptors (Lipinski definition) is 4. The van der Waals surface area contributed by atoms with Crippen molar-refractivity contribution in [3.63, 3.8) is 0 Å². The van der Waals surface area contributed by atoms with Gasteiger partial charge in [-0.25, -0.2) is 0 Å². The summed E-state index contributed by atoms with van der Waals surface area (Å²) in [5.74, 6) is 0.799. The molecule has 0 aromatic heterocycles. The molecule has 0 aliphatic carbocycles. The molecule has 2 aromatic carbocycles. The summed E-state index contributed by atoms with van der Waals surface area (Å²) in [5, 5.41) is 0.796. The molecule has 0 bridgehead atoms. The molecule has 0 spiro atoms. The van der Waals surface area contributed by atoms with Gasteiger partial charge in [-0.3, -0.25) is 9.59 Å². The molecule has 2 amide bonds. The second-order valence-corrected chi connectivity index (χ2v) is 7.15. The first kappa shape index (κ1) is 20.3. The average molecular weight is 423 g/mol. The zero-order valence-electron chi connectivity index (χ0n) is 15.6. The molecule has 1 aliphatic heterocycles. The second kappa shape index (κ2) is 8.71. The number of amides is 2. The maximum atomic E-state index is 12.8. The van der Waals surface area contributed by atoms with E-state index in [9.17, 15) is 9.59 Å². The molecule has 2 aromatic rings. The second-order valence-electron chi connectivity index (χ2n) is 6.31. The molecule has 1 fully saturated rings. The van der Waals surface area contributed by atoms with E-state index < -0.39 is 0 Å². The van der Waals surface area contributed by atoms with Crippen LogP contribution in [0.5, 0.6) is 11.5 Å². The van der Waals surface area contributed by atoms with Crippen LogP contribution >= 0.6 is 23.2 Å². The maximum Gasteiger partial charge on any atom is 0.255 e. The van der Waals surface area contributed by atoms with E-state index in [1.165, 1.54) is 14.2 Å². The standard InChI is InChI=1S/C20H20Cl2N2O4/c1-27-15-9-13(10-16(12-15)28-2)19(25)23-5-7-24(8-6-23)20(26)17-4-3-14(21)11-18(17)22/h3-4,9-12H,5-8H2,1-2H3. The number of benzene rings is 2. The van der Waals surface area contributed by atoms with Gasteiger partial charge in [0.15, 0.2) is 0 Å². The van der Waals surface area contributed by atoms with Gasteiger partial charge in [0.05, 0.1) is 24.8 Å². The summed E-state index contributed by atoms with van der Waals surface area (Å²) in [5.41, 5.74) is 0.889. The summed E-state index contributed by atoms with van der Waals surface area (Å²) in [6.07, 6.45) is 0. The predicted octanol–water partition coefficient (Wildman–Crippen LogP) is 3.61. The topological polar surface area (TPSA) is 59.1 Å². The van der Waals surface area contributed by atoms with Crippen LogP contribution in [0.1, 0.15) is 20.7 Å². The first-order valence-corrected chi connectivity index (χ1v) is 9.45. The normalized spacial score (nSPS) is 14.0. The van der Waals surface area contributed by atoms with Crippen molar-refractivity contribution in [2.75, 3.05) is 40.4 Å². The highest BCUT2D eigenvalue weighted by Crippen LogP contribution is 2.25. The van der Waals surface area contributed by atoms with Gasteiger partial charge in [0.25, 0.3) is 11.8 Å². The molecule has 1 aliphatic rings. The first-order chi connectivity index (χ1) is 13.4. The SMILES string of the molecule is COc1cc(OC)cc(C(=O)N2CCN(C(=O)c3ccc(Cl)cc3Cl)CC2)c1. The van der Waals surface area contributed by atoms with Crippen LogP contribution < -0.4 is 9.47 Å². The smallest absolute Gasteiger partial charge is 0.255 e. The Morgan fingerprint density at radius 3 is 1.86 bits per heavy atom. The van der Waals surface area contributed by atoms with Crippen molar-refractivity contribution < 1.29 is 19.1 Å². The van der Waals surface area contributed by atoms with Crippen molar-refractivity contribution in [1.29, 1.82) is 0 Å². The lowest BCUT2D eigenvalue weighted by molar-refractivity contribution is 0.0535. The van der Waals surface area contributed by atoms with Crippen LogP contribution in [0.3, 0.4) is 0 Å². The van der Waals surface area contributed by atoms with Crippen molar-refractivity contribution in [3.05, 3.63) is 57.6 Å². The Hall–Kier alpha value is -2.44. The number of nitrogens with zero attached hydrogens (tertiary/aromatic N) is 2. The molecular weight excluding hydrogens is 403 g/mol. The van der Waals surface area contributed by atoms with Crippen molar-refractivity contribution in [1.82, 2.24) is 9.80 Å². The van der Waals surface area contributed by atoms with Gasteiger partial charge in [-0.2, -0.15) is 0 Å². The third-order valence-electron chi connectivity index (χ3n) is 4.61. The van der Waals surface area contributed by atoms with Gasteiger partial charge < -0.3 is 19.3 Å². The molecule has 28 heavy (non-hydrogen) atoms. The number of methoxy groups -OCH3 is 2. The molecule has 0 N–H and O–H groups in total. The van der Waals surface area contributed by atoms with Gasteiger partial charge in [0, 0.05) is 42.8 Å². The minimum absolute atomic E-state index is 0.131. The van der Waals surface area contributed by atoms with E-state index in [0.29, 0.717) is 58.9 Å². The van der Waals surface area contributed by atoms with Crippen LogP contribution in [0, 0.1) is 0 Å². The molecule has 0 saturated carbocycles. The Kier molecular flexibility index (Phi) is 6.31. The number of ether oxygens (including phenoxy) is 2. The third kappa shape index (κ3) is 4.34. The number of carbonyl (C=O) groups excluding carboxylic acids is 2. The third-order valence-corrected chi connectivity index (χ3v) is 5.16. The van der Waals surface area contributed by atoms with E-state index in [2.05, 4.69) is 0 Å². The summed E-state index contributed by atoms with van der Waals surface area (Å²) < 4.78 is 10.5. The molecule has 148 valence electrons. The van der Waals surface area contributed by atoms with Crippen LogP contribution in [0.2, 0.25) is 10.0 Å². The van der Waals surface area contributed by atoms with E-state index >= 15 is 0 Å². The first-order valence-electron chi connectivity index (χ1n) is 8.69. The average Bonchev–Trinajstić information content (AvgIpc) is 2.72. The summed E-state index contributed by atoms with van der Waals surface area (Å²) in [6.45, 7) is 1.69. The fourth-order valence-corrected chi connectivity index (χ4v) is 3.55. The quantitative estimate of drug-likeness (QED) is 0.754. The molecule has 0 unspecified atom stereocenters. The highest BCUT2D eigenvalue weighted by Gasteiger charge is 2.27. The lowest BCUT2D eigenvalue weighted by Crippen LogP contribution is -2.50. The molecule has 3 rings (SSSR count). The highest BCUT2D eigenvalue weighted by molar-refractivity contribution is 6.36. The molecule has 0 radical (unpaired) electrons. The van der Waals surface area contributed by atoms with E-state index in [4.69, 9.17) is 32.7 Å². The van der Waals surface area contributed by atoms with Crippen molar-refractivity contribution in [2.45, 2.75) is 0 Å². The van der Waals surface area contributed by atoms with Crippen LogP contribution in [0.25, 0.3) is 0 Å². The number of piperazine rings is 1. The summed E-state index contributed by atoms with van der Waals surface area (Å²) in [4.78, 5) is 29.0. The molecule has 6 nitrogen and oxygen atoms in total. The van der Waals surface area contributed by atoms with Gasteiger partial charge in [-0.15, -0.1) is 0 Å². The van der Waals surface area contributed by atoms with E-state index in [1.807, 2.05) is 0 Å². The number of hydrogen-bond donors (Lipinski definition) is 0. The molecule has 8 heteroatoms. The monoisotopic (exact) mass is 422 g/mol. The fraction of sp³-hybridized carbons (Fsp3) is 0.300. The number of rotatable bonds is 4. The van der Waals surface area contributed by atoms with Crippen LogP contribution in [0.15, 0.2) is 36.4 Å². The number of carbonyl (C=O) groups is 2. The summed E-state index contributed by atoms with van der Waals surface area (Å²) in [7, 11) is 3.07. The van der Waals surface area contributed by atoms with Crippen LogP contribution in [-0.2, 0) is 0 Å². The molecule has 1 saturated heterocycles. The van der Waals surface area contributed by atoms with Gasteiger partial charge in [0.1, 0.15) is 11.5 Å². The minimum Gasteiger partial charge on any atom is -0.497 e. The Bertz CT molecular complexity index is 874. The van der Waals surface area contributed by atoms with Crippen molar-refractivity contribution >= 4 is 35.0 Å². The minimum atomic E-state index is -0.170. The van der Waals surface area contributed by atoms with Crippen LogP contribution in [0.4, 0.5) is 0 Å². The van der Waals surface area contributed by atoms with Gasteiger partial charge in [0.2, 0.25) is 0 Å². The zero-order chi connectivity index (χ0) is 20.3. The fourth-order valence-electron chi connectivity index (χ4n) is 3.06. The molecular formula is C20H20Cl2N2O4. The Morgan fingerprint density at radius 1 is 0.821 bits per heavy atom. The molecule has 1 heterocycles. The van der Waals surface area contributed by atoms with Gasteiger partial charge in [-0.05, 0) is 30.3 Å². The number of halogens is 2. The highest BCUT2D eigenvalue weighted by atomic mass is 35.5. The van der Waals surface area contributed by atoms with Gasteiger partial charge >= 0.3 is 0 Å². The lowest BCUT2D eigenvalue weighted by atomic mass is 10.1. The van der Waals surface area contributed by atoms with E-state index in [0.717, 1.165) is 0 Å².